The van der Waals surface area contributed by atoms with Gasteiger partial charge in [-0.3, -0.25) is 10.1 Å². The topological polar surface area (TPSA) is 81.2 Å². The molecule has 0 saturated heterocycles. The minimum absolute atomic E-state index is 0.0831. The molecule has 1 rings (SSSR count). The van der Waals surface area contributed by atoms with Crippen molar-refractivity contribution in [1.82, 2.24) is 4.98 Å². The number of carbonyl (C=O) groups is 1. The molecule has 0 atom stereocenters. The summed E-state index contributed by atoms with van der Waals surface area (Å²) in [5.41, 5.74) is 6.06. The van der Waals surface area contributed by atoms with Gasteiger partial charge in [-0.2, -0.15) is 4.98 Å². The predicted octanol–water partition coefficient (Wildman–Crippen LogP) is 1.05. The maximum atomic E-state index is 11.2. The van der Waals surface area contributed by atoms with Crippen LogP contribution in [0.4, 0.5) is 6.01 Å². The molecule has 0 unspecified atom stereocenters. The molecular formula is C9H15N3O2. The molecule has 5 nitrogen and oxygen atoms in total. The first-order valence-corrected chi connectivity index (χ1v) is 4.64. The van der Waals surface area contributed by atoms with Crippen LogP contribution in [0.15, 0.2) is 10.7 Å². The van der Waals surface area contributed by atoms with Crippen LogP contribution in [0.3, 0.4) is 0 Å². The van der Waals surface area contributed by atoms with Gasteiger partial charge in [-0.05, 0) is 26.3 Å². The Kier molecular flexibility index (Phi) is 4.12. The third-order valence-corrected chi connectivity index (χ3v) is 1.72. The number of oxazole rings is 1. The molecule has 0 aromatic carbocycles. The van der Waals surface area contributed by atoms with Crippen LogP contribution < -0.4 is 11.1 Å². The molecule has 0 aliphatic carbocycles. The second kappa shape index (κ2) is 5.39. The van der Waals surface area contributed by atoms with Crippen molar-refractivity contribution in [1.29, 1.82) is 0 Å². The number of nitrogens with zero attached hydrogens (tertiary/aromatic N) is 1. The van der Waals surface area contributed by atoms with Gasteiger partial charge in [-0.15, -0.1) is 0 Å². The Balaban J connectivity index is 2.27. The number of unbranched alkanes of at least 4 members (excludes halogenated alkanes) is 1. The van der Waals surface area contributed by atoms with E-state index in [1.54, 1.807) is 6.92 Å². The van der Waals surface area contributed by atoms with Gasteiger partial charge in [0.15, 0.2) is 0 Å². The first kappa shape index (κ1) is 10.7. The summed E-state index contributed by atoms with van der Waals surface area (Å²) >= 11 is 0. The highest BCUT2D eigenvalue weighted by Gasteiger charge is 2.05. The maximum absolute atomic E-state index is 11.2. The van der Waals surface area contributed by atoms with Gasteiger partial charge in [-0.1, -0.05) is 0 Å². The fraction of sp³-hybridized carbons (Fsp3) is 0.556. The molecule has 5 heteroatoms. The Morgan fingerprint density at radius 2 is 2.43 bits per heavy atom. The summed E-state index contributed by atoms with van der Waals surface area (Å²) in [5.74, 6) is -0.0831. The quantitative estimate of drug-likeness (QED) is 0.691. The number of anilines is 1. The number of rotatable bonds is 5. The molecule has 0 radical (unpaired) electrons. The van der Waals surface area contributed by atoms with E-state index in [0.717, 1.165) is 18.5 Å². The second-order valence-corrected chi connectivity index (χ2v) is 3.09. The van der Waals surface area contributed by atoms with Crippen molar-refractivity contribution in [3.63, 3.8) is 0 Å². The van der Waals surface area contributed by atoms with Crippen LogP contribution in [-0.4, -0.2) is 17.4 Å². The lowest BCUT2D eigenvalue weighted by Gasteiger charge is -1.99. The summed E-state index contributed by atoms with van der Waals surface area (Å²) in [6.07, 6.45) is 3.61. The summed E-state index contributed by atoms with van der Waals surface area (Å²) in [6, 6.07) is 0.264. The van der Waals surface area contributed by atoms with Crippen LogP contribution in [-0.2, 0) is 4.79 Å². The molecule has 0 bridgehead atoms. The zero-order valence-corrected chi connectivity index (χ0v) is 8.25. The minimum atomic E-state index is -0.0831. The fourth-order valence-corrected chi connectivity index (χ4v) is 1.02. The third-order valence-electron chi connectivity index (χ3n) is 1.72. The van der Waals surface area contributed by atoms with E-state index in [4.69, 9.17) is 10.2 Å². The summed E-state index contributed by atoms with van der Waals surface area (Å²) in [6.45, 7) is 2.42. The lowest BCUT2D eigenvalue weighted by molar-refractivity contribution is -0.116. The van der Waals surface area contributed by atoms with E-state index in [0.29, 0.717) is 13.0 Å². The van der Waals surface area contributed by atoms with E-state index in [1.807, 2.05) is 0 Å². The summed E-state index contributed by atoms with van der Waals surface area (Å²) < 4.78 is 4.97. The van der Waals surface area contributed by atoms with Gasteiger partial charge in [0.2, 0.25) is 5.91 Å². The molecule has 1 heterocycles. The number of carbonyl (C=O) groups excluding carboxylic acids is 1. The SMILES string of the molecule is Cc1coc(NC(=O)CCCCN)n1. The zero-order chi connectivity index (χ0) is 10.4. The minimum Gasteiger partial charge on any atom is -0.432 e. The van der Waals surface area contributed by atoms with E-state index in [1.165, 1.54) is 6.26 Å². The van der Waals surface area contributed by atoms with Crippen molar-refractivity contribution in [2.45, 2.75) is 26.2 Å². The van der Waals surface area contributed by atoms with E-state index in [9.17, 15) is 4.79 Å². The number of hydrogen-bond acceptors (Lipinski definition) is 4. The summed E-state index contributed by atoms with van der Waals surface area (Å²) in [7, 11) is 0. The first-order valence-electron chi connectivity index (χ1n) is 4.64. The normalized spacial score (nSPS) is 10.1. The van der Waals surface area contributed by atoms with E-state index >= 15 is 0 Å². The molecule has 78 valence electrons. The number of hydrogen-bond donors (Lipinski definition) is 2. The smallest absolute Gasteiger partial charge is 0.301 e. The molecule has 0 fully saturated rings. The van der Waals surface area contributed by atoms with Gasteiger partial charge in [0, 0.05) is 6.42 Å². The summed E-state index contributed by atoms with van der Waals surface area (Å²) in [4.78, 5) is 15.2. The van der Waals surface area contributed by atoms with E-state index in [-0.39, 0.29) is 11.9 Å². The molecule has 1 aromatic heterocycles. The molecule has 1 amide bonds. The molecule has 0 aliphatic rings. The van der Waals surface area contributed by atoms with Gasteiger partial charge in [0.05, 0.1) is 5.69 Å². The van der Waals surface area contributed by atoms with Crippen LogP contribution in [0.25, 0.3) is 0 Å². The van der Waals surface area contributed by atoms with Crippen molar-refractivity contribution in [2.75, 3.05) is 11.9 Å². The summed E-state index contributed by atoms with van der Waals surface area (Å²) in [5, 5.41) is 2.56. The number of nitrogens with two attached hydrogens (primary N) is 1. The monoisotopic (exact) mass is 197 g/mol. The van der Waals surface area contributed by atoms with E-state index in [2.05, 4.69) is 10.3 Å². The van der Waals surface area contributed by atoms with Crippen LogP contribution in [0.1, 0.15) is 25.0 Å². The van der Waals surface area contributed by atoms with Gasteiger partial charge < -0.3 is 10.2 Å². The maximum Gasteiger partial charge on any atom is 0.301 e. The Morgan fingerprint density at radius 3 is 3.00 bits per heavy atom. The molecular weight excluding hydrogens is 182 g/mol. The second-order valence-electron chi connectivity index (χ2n) is 3.09. The molecule has 0 saturated carbocycles. The third kappa shape index (κ3) is 3.57. The fourth-order valence-electron chi connectivity index (χ4n) is 1.02. The van der Waals surface area contributed by atoms with Crippen molar-refractivity contribution >= 4 is 11.9 Å². The number of aryl methyl sites for hydroxylation is 1. The van der Waals surface area contributed by atoms with Crippen LogP contribution in [0, 0.1) is 6.92 Å². The molecule has 14 heavy (non-hydrogen) atoms. The van der Waals surface area contributed by atoms with Crippen molar-refractivity contribution in [3.05, 3.63) is 12.0 Å². The van der Waals surface area contributed by atoms with E-state index < -0.39 is 0 Å². The van der Waals surface area contributed by atoms with Gasteiger partial charge in [-0.25, -0.2) is 0 Å². The molecule has 0 aliphatic heterocycles. The van der Waals surface area contributed by atoms with Crippen LogP contribution >= 0.6 is 0 Å². The Labute approximate surface area is 82.7 Å². The Bertz CT molecular complexity index is 296. The average molecular weight is 197 g/mol. The van der Waals surface area contributed by atoms with Crippen molar-refractivity contribution in [2.24, 2.45) is 5.73 Å². The Hall–Kier alpha value is -1.36. The largest absolute Gasteiger partial charge is 0.432 e. The number of nitrogens with one attached hydrogen (secondary N) is 1. The lowest BCUT2D eigenvalue weighted by Crippen LogP contribution is -2.12. The van der Waals surface area contributed by atoms with Crippen molar-refractivity contribution in [3.8, 4) is 0 Å². The van der Waals surface area contributed by atoms with Crippen molar-refractivity contribution < 1.29 is 9.21 Å². The zero-order valence-electron chi connectivity index (χ0n) is 8.25. The molecule has 3 N–H and O–H groups in total. The molecule has 0 spiro atoms. The highest BCUT2D eigenvalue weighted by molar-refractivity contribution is 5.88. The number of aromatic nitrogens is 1. The van der Waals surface area contributed by atoms with Crippen LogP contribution in [0.2, 0.25) is 0 Å². The van der Waals surface area contributed by atoms with Crippen LogP contribution in [0.5, 0.6) is 0 Å². The molecule has 1 aromatic rings. The standard InChI is InChI=1S/C9H15N3O2/c1-7-6-14-9(11-7)12-8(13)4-2-3-5-10/h6H,2-5,10H2,1H3,(H,11,12,13). The lowest BCUT2D eigenvalue weighted by atomic mass is 10.2. The predicted molar refractivity (Wildman–Crippen MR) is 52.8 cm³/mol. The first-order chi connectivity index (χ1) is 6.72. The van der Waals surface area contributed by atoms with Gasteiger partial charge in [0.25, 0.3) is 0 Å². The average Bonchev–Trinajstić information content (AvgIpc) is 2.52. The number of amides is 1. The Morgan fingerprint density at radius 1 is 1.64 bits per heavy atom. The van der Waals surface area contributed by atoms with Gasteiger partial charge in [0.1, 0.15) is 6.26 Å². The highest BCUT2D eigenvalue weighted by atomic mass is 16.4. The van der Waals surface area contributed by atoms with Gasteiger partial charge >= 0.3 is 6.01 Å². The highest BCUT2D eigenvalue weighted by Crippen LogP contribution is 2.06.